The molecule has 46 heavy (non-hydrogen) atoms. The van der Waals surface area contributed by atoms with Gasteiger partial charge in [0.15, 0.2) is 0 Å². The number of carbonyl (C=O) groups is 2. The van der Waals surface area contributed by atoms with Crippen molar-refractivity contribution in [3.8, 4) is 0 Å². The summed E-state index contributed by atoms with van der Waals surface area (Å²) >= 11 is 0. The fraction of sp³-hybridized carbons (Fsp3) is 0.756. The van der Waals surface area contributed by atoms with E-state index in [0.29, 0.717) is 12.0 Å². The minimum Gasteiger partial charge on any atom is -0.452 e. The summed E-state index contributed by atoms with van der Waals surface area (Å²) < 4.78 is 5.82. The van der Waals surface area contributed by atoms with E-state index in [4.69, 9.17) is 4.74 Å². The summed E-state index contributed by atoms with van der Waals surface area (Å²) in [6.07, 6.45) is 35.2. The number of aliphatic hydroxyl groups excluding tert-OH is 1. The van der Waals surface area contributed by atoms with E-state index in [2.05, 4.69) is 19.2 Å². The largest absolute Gasteiger partial charge is 0.452 e. The van der Waals surface area contributed by atoms with Crippen molar-refractivity contribution in [3.63, 3.8) is 0 Å². The molecule has 1 aromatic rings. The molecule has 0 saturated carbocycles. The number of carbonyl (C=O) groups excluding carboxylic acids is 2. The third kappa shape index (κ3) is 24.1. The number of hydrogen-bond donors (Lipinski definition) is 2. The lowest BCUT2D eigenvalue weighted by molar-refractivity contribution is -0.123. The zero-order valence-corrected chi connectivity index (χ0v) is 30.0. The number of ether oxygens (including phenoxy) is 1. The number of unbranched alkanes of at least 4 members (excludes halogenated alkanes) is 23. The van der Waals surface area contributed by atoms with E-state index in [0.717, 1.165) is 32.1 Å². The molecule has 5 nitrogen and oxygen atoms in total. The first-order chi connectivity index (χ1) is 22.6. The van der Waals surface area contributed by atoms with Gasteiger partial charge in [-0.15, -0.1) is 0 Å². The topological polar surface area (TPSA) is 75.6 Å². The van der Waals surface area contributed by atoms with Crippen LogP contribution in [0.2, 0.25) is 0 Å². The Morgan fingerprint density at radius 1 is 0.652 bits per heavy atom. The molecule has 1 aromatic carbocycles. The van der Waals surface area contributed by atoms with E-state index in [1.54, 1.807) is 24.3 Å². The molecule has 0 aromatic heterocycles. The van der Waals surface area contributed by atoms with Crippen LogP contribution in [0.4, 0.5) is 0 Å². The Morgan fingerprint density at radius 3 is 1.54 bits per heavy atom. The van der Waals surface area contributed by atoms with Gasteiger partial charge >= 0.3 is 5.97 Å². The monoisotopic (exact) mass is 642 g/mol. The molecule has 0 fully saturated rings. The minimum absolute atomic E-state index is 0.0957. The minimum atomic E-state index is -0.721. The van der Waals surface area contributed by atoms with Crippen LogP contribution < -0.4 is 5.32 Å². The molecular weight excluding hydrogens is 570 g/mol. The Balaban J connectivity index is 2.37. The number of esters is 1. The van der Waals surface area contributed by atoms with Crippen LogP contribution in [-0.4, -0.2) is 35.7 Å². The molecular formula is C41H71NO4. The van der Waals surface area contributed by atoms with Gasteiger partial charge in [0.2, 0.25) is 5.91 Å². The summed E-state index contributed by atoms with van der Waals surface area (Å²) in [5.41, 5.74) is 0.459. The highest BCUT2D eigenvalue weighted by Gasteiger charge is 2.24. The average Bonchev–Trinajstić information content (AvgIpc) is 3.07. The average molecular weight is 642 g/mol. The molecule has 2 atom stereocenters. The number of allylic oxidation sites excluding steroid dienone is 1. The van der Waals surface area contributed by atoms with Crippen LogP contribution in [0.1, 0.15) is 191 Å². The number of amides is 1. The summed E-state index contributed by atoms with van der Waals surface area (Å²) in [5.74, 6) is -0.546. The lowest BCUT2D eigenvalue weighted by Gasteiger charge is -2.24. The Morgan fingerprint density at radius 2 is 1.09 bits per heavy atom. The van der Waals surface area contributed by atoms with Crippen LogP contribution in [0.5, 0.6) is 0 Å². The second kappa shape index (κ2) is 31.5. The Kier molecular flexibility index (Phi) is 28.6. The smallest absolute Gasteiger partial charge is 0.338 e. The number of rotatable bonds is 32. The normalized spacial score (nSPS) is 12.8. The molecule has 0 unspecified atom stereocenters. The van der Waals surface area contributed by atoms with Crippen LogP contribution >= 0.6 is 0 Å². The molecule has 5 heteroatoms. The summed E-state index contributed by atoms with van der Waals surface area (Å²) in [6.45, 7) is 4.23. The van der Waals surface area contributed by atoms with Crippen LogP contribution in [0.15, 0.2) is 42.5 Å². The van der Waals surface area contributed by atoms with Crippen LogP contribution in [0.25, 0.3) is 0 Å². The maximum atomic E-state index is 12.9. The van der Waals surface area contributed by atoms with Crippen LogP contribution in [-0.2, 0) is 9.53 Å². The third-order valence-electron chi connectivity index (χ3n) is 9.00. The molecule has 0 radical (unpaired) electrons. The van der Waals surface area contributed by atoms with Crippen molar-refractivity contribution in [3.05, 3.63) is 48.0 Å². The first-order valence-corrected chi connectivity index (χ1v) is 19.4. The lowest BCUT2D eigenvalue weighted by Crippen LogP contribution is -2.46. The van der Waals surface area contributed by atoms with Crippen LogP contribution in [0, 0.1) is 0 Å². The number of aliphatic hydroxyl groups is 1. The first kappa shape index (κ1) is 41.9. The SMILES string of the molecule is CCCCCCCCCCCCC/C=C/[C@H](OC(=O)c1ccccc1)[C@@H](CO)NC(=O)CCCCCCCCCCCCCCC. The predicted molar refractivity (Wildman–Crippen MR) is 195 cm³/mol. The quantitative estimate of drug-likeness (QED) is 0.0466. The standard InChI is InChI=1S/C41H71NO4/c1-3-5-7-9-11-13-15-17-19-21-23-25-30-34-39(46-41(45)37-32-28-27-29-33-37)38(36-43)42-40(44)35-31-26-24-22-20-18-16-14-12-10-8-6-4-2/h27-30,32-34,38-39,43H,3-26,31,35-36H2,1-2H3,(H,42,44)/b34-30+/t38-,39+/m1/s1. The van der Waals surface area contributed by atoms with Crippen molar-refractivity contribution in [2.45, 2.75) is 193 Å². The summed E-state index contributed by atoms with van der Waals surface area (Å²) in [4.78, 5) is 25.6. The zero-order valence-electron chi connectivity index (χ0n) is 30.0. The second-order valence-electron chi connectivity index (χ2n) is 13.3. The van der Waals surface area contributed by atoms with Gasteiger partial charge in [-0.05, 0) is 37.5 Å². The zero-order chi connectivity index (χ0) is 33.3. The van der Waals surface area contributed by atoms with Gasteiger partial charge in [0.1, 0.15) is 6.10 Å². The molecule has 0 bridgehead atoms. The summed E-state index contributed by atoms with van der Waals surface area (Å²) in [5, 5.41) is 13.1. The first-order valence-electron chi connectivity index (χ1n) is 19.4. The molecule has 1 rings (SSSR count). The van der Waals surface area contributed by atoms with Gasteiger partial charge in [-0.1, -0.05) is 179 Å². The second-order valence-corrected chi connectivity index (χ2v) is 13.3. The van der Waals surface area contributed by atoms with Gasteiger partial charge < -0.3 is 15.2 Å². The summed E-state index contributed by atoms with van der Waals surface area (Å²) in [7, 11) is 0. The Labute approximate surface area is 283 Å². The summed E-state index contributed by atoms with van der Waals surface area (Å²) in [6, 6.07) is 8.22. The highest BCUT2D eigenvalue weighted by molar-refractivity contribution is 5.89. The molecule has 0 aliphatic rings. The van der Waals surface area contributed by atoms with Gasteiger partial charge in [0, 0.05) is 6.42 Å². The van der Waals surface area contributed by atoms with Crippen molar-refractivity contribution < 1.29 is 19.4 Å². The predicted octanol–water partition coefficient (Wildman–Crippen LogP) is 11.4. The van der Waals surface area contributed by atoms with Crippen molar-refractivity contribution in [2.24, 2.45) is 0 Å². The maximum absolute atomic E-state index is 12.9. The number of hydrogen-bond acceptors (Lipinski definition) is 4. The molecule has 0 spiro atoms. The van der Waals surface area contributed by atoms with E-state index in [1.807, 2.05) is 18.2 Å². The van der Waals surface area contributed by atoms with Crippen molar-refractivity contribution in [2.75, 3.05) is 6.61 Å². The van der Waals surface area contributed by atoms with Gasteiger partial charge in [-0.25, -0.2) is 4.79 Å². The van der Waals surface area contributed by atoms with E-state index in [1.165, 1.54) is 128 Å². The van der Waals surface area contributed by atoms with E-state index < -0.39 is 18.1 Å². The Bertz CT molecular complexity index is 855. The van der Waals surface area contributed by atoms with Crippen molar-refractivity contribution in [1.29, 1.82) is 0 Å². The molecule has 0 aliphatic carbocycles. The fourth-order valence-electron chi connectivity index (χ4n) is 5.99. The van der Waals surface area contributed by atoms with Crippen LogP contribution in [0.3, 0.4) is 0 Å². The molecule has 0 heterocycles. The van der Waals surface area contributed by atoms with Gasteiger partial charge in [-0.2, -0.15) is 0 Å². The van der Waals surface area contributed by atoms with E-state index in [-0.39, 0.29) is 12.5 Å². The molecule has 0 aliphatic heterocycles. The number of benzene rings is 1. The molecule has 0 saturated heterocycles. The van der Waals surface area contributed by atoms with Gasteiger partial charge in [-0.3, -0.25) is 4.79 Å². The molecule has 1 amide bonds. The van der Waals surface area contributed by atoms with Crippen molar-refractivity contribution in [1.82, 2.24) is 5.32 Å². The van der Waals surface area contributed by atoms with E-state index >= 15 is 0 Å². The molecule has 264 valence electrons. The highest BCUT2D eigenvalue weighted by atomic mass is 16.5. The van der Waals surface area contributed by atoms with Crippen molar-refractivity contribution >= 4 is 11.9 Å². The van der Waals surface area contributed by atoms with E-state index in [9.17, 15) is 14.7 Å². The lowest BCUT2D eigenvalue weighted by atomic mass is 10.0. The van der Waals surface area contributed by atoms with Gasteiger partial charge in [0.05, 0.1) is 18.2 Å². The maximum Gasteiger partial charge on any atom is 0.338 e. The Hall–Kier alpha value is -2.14. The van der Waals surface area contributed by atoms with Gasteiger partial charge in [0.25, 0.3) is 0 Å². The highest BCUT2D eigenvalue weighted by Crippen LogP contribution is 2.15. The molecule has 2 N–H and O–H groups in total. The fourth-order valence-corrected chi connectivity index (χ4v) is 5.99. The third-order valence-corrected chi connectivity index (χ3v) is 9.00. The number of nitrogens with one attached hydrogen (secondary N) is 1.